The molecule has 1 amide bonds. The largest absolute Gasteiger partial charge is 0.443 e. The molecule has 0 aliphatic heterocycles. The van der Waals surface area contributed by atoms with Gasteiger partial charge in [0.1, 0.15) is 5.60 Å². The summed E-state index contributed by atoms with van der Waals surface area (Å²) in [7, 11) is -4.12. The molecule has 0 aromatic heterocycles. The molecule has 0 atom stereocenters. The molecule has 0 aliphatic carbocycles. The average molecular weight is 375 g/mol. The Balaban J connectivity index is 2.59. The lowest BCUT2D eigenvalue weighted by Gasteiger charge is -2.27. The predicted octanol–water partition coefficient (Wildman–Crippen LogP) is 4.69. The van der Waals surface area contributed by atoms with Crippen LogP contribution in [0, 0.1) is 6.92 Å². The van der Waals surface area contributed by atoms with Gasteiger partial charge in [0, 0.05) is 0 Å². The van der Waals surface area contributed by atoms with Crippen LogP contribution in [0.3, 0.4) is 0 Å². The molecule has 2 rings (SSSR count). The fourth-order valence-corrected chi connectivity index (χ4v) is 4.01. The Kier molecular flexibility index (Phi) is 5.76. The SMILES string of the molecule is CCc1ccc(N(C(=O)OC(C)(C)C)S(=O)(=O)c2ccccc2C)cc1. The Morgan fingerprint density at radius 2 is 1.62 bits per heavy atom. The van der Waals surface area contributed by atoms with E-state index in [4.69, 9.17) is 4.74 Å². The van der Waals surface area contributed by atoms with Crippen molar-refractivity contribution >= 4 is 21.8 Å². The van der Waals surface area contributed by atoms with Gasteiger partial charge in [-0.3, -0.25) is 0 Å². The van der Waals surface area contributed by atoms with Crippen molar-refractivity contribution in [1.29, 1.82) is 0 Å². The molecular weight excluding hydrogens is 350 g/mol. The van der Waals surface area contributed by atoms with E-state index in [1.54, 1.807) is 70.2 Å². The lowest BCUT2D eigenvalue weighted by molar-refractivity contribution is 0.0609. The number of aryl methyl sites for hydroxylation is 2. The summed E-state index contributed by atoms with van der Waals surface area (Å²) in [6, 6.07) is 13.4. The van der Waals surface area contributed by atoms with Crippen molar-refractivity contribution in [2.24, 2.45) is 0 Å². The summed E-state index contributed by atoms with van der Waals surface area (Å²) in [5.41, 5.74) is 1.04. The van der Waals surface area contributed by atoms with Crippen molar-refractivity contribution in [1.82, 2.24) is 0 Å². The first-order valence-electron chi connectivity index (χ1n) is 8.49. The van der Waals surface area contributed by atoms with E-state index >= 15 is 0 Å². The van der Waals surface area contributed by atoms with Crippen molar-refractivity contribution in [2.75, 3.05) is 4.31 Å². The third-order valence-electron chi connectivity index (χ3n) is 3.75. The third kappa shape index (κ3) is 4.43. The van der Waals surface area contributed by atoms with Gasteiger partial charge in [-0.2, -0.15) is 4.31 Å². The maximum Gasteiger partial charge on any atom is 0.429 e. The van der Waals surface area contributed by atoms with E-state index < -0.39 is 21.7 Å². The molecule has 0 saturated carbocycles. The Hall–Kier alpha value is -2.34. The number of anilines is 1. The molecule has 0 fully saturated rings. The van der Waals surface area contributed by atoms with E-state index in [-0.39, 0.29) is 10.6 Å². The van der Waals surface area contributed by atoms with Gasteiger partial charge in [0.25, 0.3) is 10.0 Å². The molecule has 0 heterocycles. The van der Waals surface area contributed by atoms with E-state index in [0.29, 0.717) is 5.56 Å². The van der Waals surface area contributed by atoms with Crippen LogP contribution in [-0.2, 0) is 21.2 Å². The van der Waals surface area contributed by atoms with E-state index in [9.17, 15) is 13.2 Å². The molecule has 6 heteroatoms. The monoisotopic (exact) mass is 375 g/mol. The zero-order valence-corrected chi connectivity index (χ0v) is 16.6. The number of benzene rings is 2. The van der Waals surface area contributed by atoms with Gasteiger partial charge in [-0.25, -0.2) is 13.2 Å². The van der Waals surface area contributed by atoms with E-state index in [1.807, 2.05) is 6.92 Å². The number of sulfonamides is 1. The van der Waals surface area contributed by atoms with Gasteiger partial charge in [0.05, 0.1) is 10.6 Å². The summed E-state index contributed by atoms with van der Waals surface area (Å²) in [6.07, 6.45) is -0.109. The standard InChI is InChI=1S/C20H25NO4S/c1-6-16-11-13-17(14-12-16)21(19(22)25-20(3,4)5)26(23,24)18-10-8-7-9-15(18)2/h7-14H,6H2,1-5H3. The summed E-state index contributed by atoms with van der Waals surface area (Å²) >= 11 is 0. The van der Waals surface area contributed by atoms with E-state index in [0.717, 1.165) is 16.3 Å². The van der Waals surface area contributed by atoms with Crippen LogP contribution in [0.4, 0.5) is 10.5 Å². The van der Waals surface area contributed by atoms with Crippen molar-refractivity contribution in [2.45, 2.75) is 51.5 Å². The smallest absolute Gasteiger partial charge is 0.429 e. The maximum absolute atomic E-state index is 13.3. The molecule has 0 aliphatic rings. The van der Waals surface area contributed by atoms with Crippen LogP contribution >= 0.6 is 0 Å². The number of carbonyl (C=O) groups is 1. The van der Waals surface area contributed by atoms with Gasteiger partial charge in [-0.1, -0.05) is 37.3 Å². The fraction of sp³-hybridized carbons (Fsp3) is 0.350. The molecule has 0 saturated heterocycles. The summed E-state index contributed by atoms with van der Waals surface area (Å²) in [6.45, 7) is 8.79. The van der Waals surface area contributed by atoms with Crippen LogP contribution in [0.25, 0.3) is 0 Å². The first kappa shape index (κ1) is 20.0. The van der Waals surface area contributed by atoms with Gasteiger partial charge < -0.3 is 4.74 Å². The predicted molar refractivity (Wildman–Crippen MR) is 103 cm³/mol. The minimum atomic E-state index is -4.12. The van der Waals surface area contributed by atoms with Crippen LogP contribution in [0.15, 0.2) is 53.4 Å². The fourth-order valence-electron chi connectivity index (χ4n) is 2.46. The minimum Gasteiger partial charge on any atom is -0.443 e. The van der Waals surface area contributed by atoms with E-state index in [2.05, 4.69) is 0 Å². The third-order valence-corrected chi connectivity index (χ3v) is 5.60. The molecule has 0 spiro atoms. The Morgan fingerprint density at radius 3 is 2.12 bits per heavy atom. The van der Waals surface area contributed by atoms with Crippen molar-refractivity contribution in [3.63, 3.8) is 0 Å². The summed E-state index contributed by atoms with van der Waals surface area (Å²) < 4.78 is 32.6. The first-order valence-corrected chi connectivity index (χ1v) is 9.93. The molecule has 0 N–H and O–H groups in total. The molecule has 0 bridgehead atoms. The number of carbonyl (C=O) groups excluding carboxylic acids is 1. The number of hydrogen-bond acceptors (Lipinski definition) is 4. The molecule has 5 nitrogen and oxygen atoms in total. The Bertz CT molecular complexity index is 881. The second-order valence-corrected chi connectivity index (χ2v) is 8.79. The second-order valence-electron chi connectivity index (χ2n) is 7.04. The molecule has 0 unspecified atom stereocenters. The molecule has 0 radical (unpaired) electrons. The minimum absolute atomic E-state index is 0.0745. The zero-order chi connectivity index (χ0) is 19.5. The van der Waals surface area contributed by atoms with Gasteiger partial charge in [-0.05, 0) is 63.4 Å². The van der Waals surface area contributed by atoms with Crippen molar-refractivity contribution < 1.29 is 17.9 Å². The van der Waals surface area contributed by atoms with Crippen LogP contribution in [0.1, 0.15) is 38.8 Å². The highest BCUT2D eigenvalue weighted by Crippen LogP contribution is 2.28. The van der Waals surface area contributed by atoms with Gasteiger partial charge >= 0.3 is 6.09 Å². The van der Waals surface area contributed by atoms with Crippen LogP contribution in [-0.4, -0.2) is 20.1 Å². The average Bonchev–Trinajstić information content (AvgIpc) is 2.54. The van der Waals surface area contributed by atoms with Crippen LogP contribution in [0.2, 0.25) is 0 Å². The highest BCUT2D eigenvalue weighted by atomic mass is 32.2. The lowest BCUT2D eigenvalue weighted by atomic mass is 10.1. The maximum atomic E-state index is 13.3. The summed E-state index contributed by atoms with van der Waals surface area (Å²) in [5.74, 6) is 0. The molecular formula is C20H25NO4S. The van der Waals surface area contributed by atoms with Crippen molar-refractivity contribution in [3.8, 4) is 0 Å². The van der Waals surface area contributed by atoms with Crippen LogP contribution in [0.5, 0.6) is 0 Å². The highest BCUT2D eigenvalue weighted by molar-refractivity contribution is 7.93. The van der Waals surface area contributed by atoms with Crippen molar-refractivity contribution in [3.05, 3.63) is 59.7 Å². The first-order chi connectivity index (χ1) is 12.1. The number of hydrogen-bond donors (Lipinski definition) is 0. The normalized spacial score (nSPS) is 11.9. The number of rotatable bonds is 4. The van der Waals surface area contributed by atoms with Gasteiger partial charge in [0.15, 0.2) is 0 Å². The zero-order valence-electron chi connectivity index (χ0n) is 15.8. The molecule has 2 aromatic rings. The van der Waals surface area contributed by atoms with Crippen LogP contribution < -0.4 is 4.31 Å². The Morgan fingerprint density at radius 1 is 1.04 bits per heavy atom. The number of amides is 1. The number of ether oxygens (including phenoxy) is 1. The topological polar surface area (TPSA) is 63.7 Å². The highest BCUT2D eigenvalue weighted by Gasteiger charge is 2.35. The van der Waals surface area contributed by atoms with Gasteiger partial charge in [-0.15, -0.1) is 0 Å². The lowest BCUT2D eigenvalue weighted by Crippen LogP contribution is -2.41. The van der Waals surface area contributed by atoms with E-state index in [1.165, 1.54) is 6.07 Å². The summed E-state index contributed by atoms with van der Waals surface area (Å²) in [4.78, 5) is 12.8. The molecule has 2 aromatic carbocycles. The summed E-state index contributed by atoms with van der Waals surface area (Å²) in [5, 5.41) is 0. The second kappa shape index (κ2) is 7.50. The quantitative estimate of drug-likeness (QED) is 0.778. The van der Waals surface area contributed by atoms with Gasteiger partial charge in [0.2, 0.25) is 0 Å². The number of nitrogens with zero attached hydrogens (tertiary/aromatic N) is 1. The molecule has 26 heavy (non-hydrogen) atoms. The molecule has 140 valence electrons. The Labute approximate surface area is 155 Å².